The van der Waals surface area contributed by atoms with Gasteiger partial charge in [0.15, 0.2) is 11.6 Å². The first-order valence-corrected chi connectivity index (χ1v) is 12.0. The van der Waals surface area contributed by atoms with Crippen molar-refractivity contribution < 1.29 is 31.9 Å². The molecule has 3 heterocycles. The lowest BCUT2D eigenvalue weighted by molar-refractivity contribution is -0.274. The quantitative estimate of drug-likeness (QED) is 0.281. The first-order valence-electron chi connectivity index (χ1n) is 11.7. The molecule has 15 heteroatoms. The van der Waals surface area contributed by atoms with Gasteiger partial charge in [-0.3, -0.25) is 9.59 Å². The first kappa shape index (κ1) is 31.2. The Labute approximate surface area is 227 Å². The number of carbonyl (C=O) groups is 2. The van der Waals surface area contributed by atoms with E-state index >= 15 is 0 Å². The zero-order chi connectivity index (χ0) is 29.2. The normalized spacial score (nSPS) is 19.1. The molecule has 2 aliphatic heterocycles. The van der Waals surface area contributed by atoms with E-state index in [1.165, 1.54) is 12.4 Å². The number of hydrogen-bond acceptors (Lipinski definition) is 8. The van der Waals surface area contributed by atoms with Crippen LogP contribution in [0.25, 0.3) is 0 Å². The number of aromatic nitrogens is 2. The summed E-state index contributed by atoms with van der Waals surface area (Å²) in [5.41, 5.74) is 9.98. The number of amides is 2. The largest absolute Gasteiger partial charge is 0.573 e. The van der Waals surface area contributed by atoms with Crippen LogP contribution in [-0.2, 0) is 9.59 Å². The minimum absolute atomic E-state index is 0.0402. The predicted octanol–water partition coefficient (Wildman–Crippen LogP) is 3.17. The van der Waals surface area contributed by atoms with Crippen LogP contribution >= 0.6 is 11.6 Å². The Hall–Kier alpha value is -3.99. The summed E-state index contributed by atoms with van der Waals surface area (Å²) >= 11 is 5.94. The highest BCUT2D eigenvalue weighted by atomic mass is 35.5. The summed E-state index contributed by atoms with van der Waals surface area (Å²) in [6.45, 7) is 1.48. The second-order valence-electron chi connectivity index (χ2n) is 8.37. The maximum atomic E-state index is 14.4. The summed E-state index contributed by atoms with van der Waals surface area (Å²) in [6.07, 6.45) is 7.25. The number of carbonyl (C=O) groups excluding carboxylic acids is 2. The number of nitrogens with one attached hydrogen (secondary N) is 1. The van der Waals surface area contributed by atoms with Gasteiger partial charge >= 0.3 is 6.36 Å². The van der Waals surface area contributed by atoms with E-state index in [0.717, 1.165) is 25.0 Å². The summed E-state index contributed by atoms with van der Waals surface area (Å²) in [5, 5.41) is 3.03. The molecule has 2 fully saturated rings. The molecule has 0 aliphatic carbocycles. The number of alkyl halides is 3. The van der Waals surface area contributed by atoms with Crippen LogP contribution in [0.3, 0.4) is 0 Å². The SMILES string of the molecule is C#C.NC=O.Nc1ncnc(N2CCC[C@@H](N3CCC[C@@H](Nc4cc(Cl)cc(OC(F)(F)F)c4)C3=O)C2)c1F. The molecule has 10 nitrogen and oxygen atoms in total. The van der Waals surface area contributed by atoms with Gasteiger partial charge in [-0.25, -0.2) is 9.97 Å². The summed E-state index contributed by atoms with van der Waals surface area (Å²) in [6, 6.07) is 2.81. The topological polar surface area (TPSA) is 140 Å². The lowest BCUT2D eigenvalue weighted by Gasteiger charge is -2.43. The van der Waals surface area contributed by atoms with Crippen LogP contribution < -0.4 is 26.4 Å². The van der Waals surface area contributed by atoms with Crippen molar-refractivity contribution in [2.75, 3.05) is 35.6 Å². The molecule has 4 rings (SSSR count). The molecule has 0 bridgehead atoms. The third kappa shape index (κ3) is 8.78. The zero-order valence-corrected chi connectivity index (χ0v) is 21.5. The summed E-state index contributed by atoms with van der Waals surface area (Å²) < 4.78 is 56.2. The standard InChI is InChI=1S/C21H23ClF4N6O2.C2H2.CH3NO/c22-12-7-13(9-15(8-12)34-21(24,25)26)30-16-4-2-6-32(20(16)33)14-3-1-5-31(10-14)19-17(23)18(27)28-11-29-19;1-2;2-1-3/h7-9,11,14,16,30H,1-6,10H2,(H2,27,28,29);1-2H;1H,(H2,2,3)/t14-,16-;;/m1../s1. The van der Waals surface area contributed by atoms with Crippen molar-refractivity contribution in [1.82, 2.24) is 14.9 Å². The molecule has 2 aliphatic rings. The number of nitrogens with zero attached hydrogens (tertiary/aromatic N) is 4. The van der Waals surface area contributed by atoms with Crippen molar-refractivity contribution in [3.63, 3.8) is 0 Å². The molecular formula is C24H28ClF4N7O3. The number of likely N-dealkylation sites (tertiary alicyclic amines) is 1. The van der Waals surface area contributed by atoms with Crippen LogP contribution in [0.1, 0.15) is 25.7 Å². The number of benzene rings is 1. The van der Waals surface area contributed by atoms with Crippen molar-refractivity contribution in [1.29, 1.82) is 0 Å². The minimum atomic E-state index is -4.86. The lowest BCUT2D eigenvalue weighted by Crippen LogP contribution is -2.56. The Bertz CT molecular complexity index is 1150. The number of anilines is 3. The fraction of sp³-hybridized carbons (Fsp3) is 0.417. The molecule has 0 unspecified atom stereocenters. The summed E-state index contributed by atoms with van der Waals surface area (Å²) in [4.78, 5) is 33.0. The molecule has 2 saturated heterocycles. The molecule has 0 saturated carbocycles. The maximum absolute atomic E-state index is 14.4. The van der Waals surface area contributed by atoms with Crippen LogP contribution in [0.5, 0.6) is 5.75 Å². The number of hydrogen-bond donors (Lipinski definition) is 3. The van der Waals surface area contributed by atoms with Crippen molar-refractivity contribution in [3.05, 3.63) is 35.4 Å². The molecule has 1 aromatic heterocycles. The fourth-order valence-electron chi connectivity index (χ4n) is 4.43. The molecular weight excluding hydrogens is 546 g/mol. The number of terminal acetylenes is 1. The van der Waals surface area contributed by atoms with Gasteiger partial charge in [-0.1, -0.05) is 11.6 Å². The van der Waals surface area contributed by atoms with E-state index in [0.29, 0.717) is 32.5 Å². The molecule has 5 N–H and O–H groups in total. The van der Waals surface area contributed by atoms with E-state index in [-0.39, 0.29) is 40.7 Å². The Morgan fingerprint density at radius 3 is 2.49 bits per heavy atom. The highest BCUT2D eigenvalue weighted by molar-refractivity contribution is 6.31. The number of ether oxygens (including phenoxy) is 1. The summed E-state index contributed by atoms with van der Waals surface area (Å²) in [5.74, 6) is -1.48. The molecule has 2 amide bonds. The second-order valence-corrected chi connectivity index (χ2v) is 8.81. The van der Waals surface area contributed by atoms with Crippen molar-refractivity contribution in [2.45, 2.75) is 44.1 Å². The van der Waals surface area contributed by atoms with Crippen LogP contribution in [0.2, 0.25) is 5.02 Å². The first-order chi connectivity index (χ1) is 18.5. The predicted molar refractivity (Wildman–Crippen MR) is 138 cm³/mol. The molecule has 212 valence electrons. The molecule has 0 radical (unpaired) electrons. The molecule has 2 atom stereocenters. The van der Waals surface area contributed by atoms with Gasteiger partial charge in [0.1, 0.15) is 18.1 Å². The van der Waals surface area contributed by atoms with Gasteiger partial charge in [0, 0.05) is 42.5 Å². The van der Waals surface area contributed by atoms with Crippen molar-refractivity contribution in [2.24, 2.45) is 5.73 Å². The average molecular weight is 574 g/mol. The third-order valence-corrected chi connectivity index (χ3v) is 6.07. The smallest absolute Gasteiger partial charge is 0.406 e. The lowest BCUT2D eigenvalue weighted by atomic mass is 9.97. The Balaban J connectivity index is 0.000000998. The van der Waals surface area contributed by atoms with Crippen molar-refractivity contribution in [3.8, 4) is 18.6 Å². The molecule has 39 heavy (non-hydrogen) atoms. The van der Waals surface area contributed by atoms with Gasteiger partial charge < -0.3 is 31.3 Å². The van der Waals surface area contributed by atoms with Gasteiger partial charge in [-0.2, -0.15) is 4.39 Å². The van der Waals surface area contributed by atoms with Crippen molar-refractivity contribution >= 4 is 41.2 Å². The van der Waals surface area contributed by atoms with Gasteiger partial charge in [0.05, 0.1) is 0 Å². The average Bonchev–Trinajstić information content (AvgIpc) is 2.87. The fourth-order valence-corrected chi connectivity index (χ4v) is 4.66. The highest BCUT2D eigenvalue weighted by Gasteiger charge is 2.36. The van der Waals surface area contributed by atoms with Crippen LogP contribution in [0.4, 0.5) is 34.9 Å². The van der Waals surface area contributed by atoms with E-state index in [1.807, 2.05) is 0 Å². The Morgan fingerprint density at radius 2 is 1.82 bits per heavy atom. The number of nitrogens with two attached hydrogens (primary N) is 2. The monoisotopic (exact) mass is 573 g/mol. The summed E-state index contributed by atoms with van der Waals surface area (Å²) in [7, 11) is 0. The molecule has 0 spiro atoms. The van der Waals surface area contributed by atoms with Crippen LogP contribution in [0.15, 0.2) is 24.5 Å². The van der Waals surface area contributed by atoms with E-state index in [2.05, 4.69) is 38.6 Å². The number of halogens is 5. The van der Waals surface area contributed by atoms with Gasteiger partial charge in [-0.15, -0.1) is 26.0 Å². The second kappa shape index (κ2) is 14.2. The van der Waals surface area contributed by atoms with Crippen LogP contribution in [-0.4, -0.2) is 65.3 Å². The third-order valence-electron chi connectivity index (χ3n) is 5.85. The maximum Gasteiger partial charge on any atom is 0.573 e. The number of nitrogen functional groups attached to an aromatic ring is 1. The molecule has 1 aromatic carbocycles. The number of piperidine rings is 2. The van der Waals surface area contributed by atoms with Crippen LogP contribution in [0, 0.1) is 18.7 Å². The van der Waals surface area contributed by atoms with E-state index in [4.69, 9.17) is 22.1 Å². The Kier molecular flexibility index (Phi) is 11.4. The van der Waals surface area contributed by atoms with E-state index in [9.17, 15) is 22.4 Å². The minimum Gasteiger partial charge on any atom is -0.406 e. The van der Waals surface area contributed by atoms with E-state index in [1.54, 1.807) is 9.80 Å². The number of primary amides is 1. The zero-order valence-electron chi connectivity index (χ0n) is 20.7. The van der Waals surface area contributed by atoms with Gasteiger partial charge in [0.2, 0.25) is 18.1 Å². The Morgan fingerprint density at radius 1 is 1.15 bits per heavy atom. The molecule has 2 aromatic rings. The van der Waals surface area contributed by atoms with E-state index < -0.39 is 24.0 Å². The highest BCUT2D eigenvalue weighted by Crippen LogP contribution is 2.31. The van der Waals surface area contributed by atoms with Gasteiger partial charge in [-0.05, 0) is 37.8 Å². The number of rotatable bonds is 5. The van der Waals surface area contributed by atoms with Gasteiger partial charge in [0.25, 0.3) is 0 Å².